The van der Waals surface area contributed by atoms with Gasteiger partial charge in [0, 0.05) is 0 Å². The number of rotatable bonds is 32. The van der Waals surface area contributed by atoms with Gasteiger partial charge in [-0.15, -0.1) is 0 Å². The summed E-state index contributed by atoms with van der Waals surface area (Å²) in [7, 11) is 0. The third kappa shape index (κ3) is 25.0. The molecule has 0 amide bonds. The second-order valence-electron chi connectivity index (χ2n) is 24.5. The number of benzene rings is 9. The lowest BCUT2D eigenvalue weighted by Gasteiger charge is -2.09. The maximum atomic E-state index is 14.4. The van der Waals surface area contributed by atoms with E-state index >= 15 is 0 Å². The number of ether oxygens (including phenoxy) is 4. The van der Waals surface area contributed by atoms with Crippen LogP contribution in [0.25, 0.3) is 33.4 Å². The van der Waals surface area contributed by atoms with Crippen LogP contribution in [0.2, 0.25) is 0 Å². The third-order valence-corrected chi connectivity index (χ3v) is 16.6. The number of unbranched alkanes of at least 4 members (excludes halogenated alkanes) is 14. The molecule has 0 saturated heterocycles. The maximum Gasteiger partial charge on any atom is 0.343 e. The van der Waals surface area contributed by atoms with Crippen molar-refractivity contribution in [3.8, 4) is 56.4 Å². The Hall–Kier alpha value is -9.02. The van der Waals surface area contributed by atoms with Crippen LogP contribution in [-0.2, 0) is 19.3 Å². The van der Waals surface area contributed by atoms with E-state index < -0.39 is 35.4 Å². The largest absolute Gasteiger partial charge is 0.494 e. The van der Waals surface area contributed by atoms with Crippen LogP contribution in [0.15, 0.2) is 200 Å². The molecule has 0 bridgehead atoms. The van der Waals surface area contributed by atoms with Crippen molar-refractivity contribution < 1.29 is 46.5 Å². The zero-order valence-corrected chi connectivity index (χ0v) is 56.6. The van der Waals surface area contributed by atoms with E-state index in [1.807, 2.05) is 104 Å². The Morgan fingerprint density at radius 3 is 0.968 bits per heavy atom. The Kier molecular flexibility index (Phi) is 31.1. The highest BCUT2D eigenvalue weighted by Crippen LogP contribution is 2.29. The number of hydrogen-bond acceptors (Lipinski definition) is 7. The highest BCUT2D eigenvalue weighted by atomic mass is 19.1. The molecule has 0 unspecified atom stereocenters. The number of hydrogen-bond donors (Lipinski definition) is 0. The van der Waals surface area contributed by atoms with Gasteiger partial charge >= 0.3 is 17.9 Å². The predicted octanol–water partition coefficient (Wildman–Crippen LogP) is 23.9. The van der Waals surface area contributed by atoms with Gasteiger partial charge < -0.3 is 18.9 Å². The Morgan fingerprint density at radius 1 is 0.295 bits per heavy atom. The van der Waals surface area contributed by atoms with E-state index in [0.29, 0.717) is 16.7 Å². The molecule has 498 valence electrons. The molecule has 0 spiro atoms. The van der Waals surface area contributed by atoms with Crippen molar-refractivity contribution in [3.05, 3.63) is 262 Å². The van der Waals surface area contributed by atoms with Crippen molar-refractivity contribution in [1.82, 2.24) is 0 Å². The smallest absolute Gasteiger partial charge is 0.343 e. The van der Waals surface area contributed by atoms with Gasteiger partial charge in [-0.25, -0.2) is 27.6 Å². The number of carbonyl (C=O) groups excluding carboxylic acids is 3. The molecule has 10 heteroatoms. The molecule has 9 rings (SSSR count). The summed E-state index contributed by atoms with van der Waals surface area (Å²) in [6.45, 7) is 13.3. The van der Waals surface area contributed by atoms with E-state index in [2.05, 4.69) is 52.0 Å². The van der Waals surface area contributed by atoms with E-state index in [1.165, 1.54) is 106 Å². The van der Waals surface area contributed by atoms with E-state index in [0.717, 1.165) is 127 Å². The topological polar surface area (TPSA) is 88.1 Å². The molecular weight excluding hydrogens is 1190 g/mol. The molecular formula is C85H95F3O7. The zero-order valence-electron chi connectivity index (χ0n) is 56.6. The molecule has 0 radical (unpaired) electrons. The molecule has 0 fully saturated rings. The molecule has 9 aromatic carbocycles. The first kappa shape index (κ1) is 73.4. The number of halogens is 3. The normalized spacial score (nSPS) is 10.8. The summed E-state index contributed by atoms with van der Waals surface area (Å²) in [5, 5.41) is 0. The molecule has 0 atom stereocenters. The van der Waals surface area contributed by atoms with Crippen molar-refractivity contribution >= 4 is 17.9 Å². The van der Waals surface area contributed by atoms with Crippen molar-refractivity contribution in [2.75, 3.05) is 6.61 Å². The van der Waals surface area contributed by atoms with Crippen LogP contribution in [0.5, 0.6) is 23.0 Å². The van der Waals surface area contributed by atoms with Crippen LogP contribution in [0.3, 0.4) is 0 Å². The molecule has 95 heavy (non-hydrogen) atoms. The van der Waals surface area contributed by atoms with Crippen molar-refractivity contribution in [1.29, 1.82) is 0 Å². The zero-order chi connectivity index (χ0) is 67.6. The summed E-state index contributed by atoms with van der Waals surface area (Å²) in [4.78, 5) is 37.3. The van der Waals surface area contributed by atoms with Crippen molar-refractivity contribution in [2.45, 2.75) is 176 Å². The van der Waals surface area contributed by atoms with E-state index in [4.69, 9.17) is 18.9 Å². The van der Waals surface area contributed by atoms with Gasteiger partial charge in [0.2, 0.25) is 0 Å². The minimum absolute atomic E-state index is 0.0285. The van der Waals surface area contributed by atoms with Crippen LogP contribution in [0, 0.1) is 31.3 Å². The Bertz CT molecular complexity index is 3750. The minimum atomic E-state index is -0.576. The molecule has 7 nitrogen and oxygen atoms in total. The van der Waals surface area contributed by atoms with Gasteiger partial charge in [0.05, 0.1) is 23.3 Å². The lowest BCUT2D eigenvalue weighted by atomic mass is 10.00. The summed E-state index contributed by atoms with van der Waals surface area (Å²) in [5.41, 5.74) is 12.6. The summed E-state index contributed by atoms with van der Waals surface area (Å²) < 4.78 is 64.3. The van der Waals surface area contributed by atoms with Crippen LogP contribution in [0.4, 0.5) is 13.2 Å². The van der Waals surface area contributed by atoms with Crippen LogP contribution in [0.1, 0.15) is 202 Å². The quantitative estimate of drug-likeness (QED) is 0.0236. The SMILES string of the molecule is CCCCCCCCOc1ccc(-c2ccc(C(=O)Oc3ccc(CCCCC)cc3F)cc2)cc1.CCCCCCCCc1ccc(-c2ccc(C(=O)Oc3ccc(CCCCC)cc3F)cc2)cc1.Cc1ccc(-c2ccc(C(=O)Oc3ccc(C)cc3F)cc2)cc1. The molecule has 9 aromatic rings. The standard InChI is InChI=1S/C32H39FO3.C32H39FO2.C21H17FO2/c1-3-5-7-8-9-11-23-35-29-20-18-27(19-21-29)26-14-16-28(17-15-26)32(34)36-31-22-13-25(24-30(31)33)12-10-6-4-2;1-3-5-7-8-9-11-12-25-14-17-27(18-15-25)28-19-21-29(22-20-28)32(34)35-31-23-16-26(24-30(31)33)13-10-6-4-2;1-14-3-6-16(7-4-14)17-8-10-18(11-9-17)21(23)24-20-12-5-15(2)13-19(20)22/h13-22,24H,3-12,23H2,1-2H3;14-24H,3-13H2,1-2H3;3-13H,1-2H3. The summed E-state index contributed by atoms with van der Waals surface area (Å²) in [5.74, 6) is -2.51. The molecule has 0 heterocycles. The van der Waals surface area contributed by atoms with Gasteiger partial charge in [0.15, 0.2) is 34.7 Å². The van der Waals surface area contributed by atoms with Crippen molar-refractivity contribution in [3.63, 3.8) is 0 Å². The summed E-state index contributed by atoms with van der Waals surface area (Å²) >= 11 is 0. The third-order valence-electron chi connectivity index (χ3n) is 16.6. The van der Waals surface area contributed by atoms with Crippen LogP contribution in [-0.4, -0.2) is 24.5 Å². The minimum Gasteiger partial charge on any atom is -0.494 e. The molecule has 0 aliphatic rings. The first-order valence-corrected chi connectivity index (χ1v) is 34.4. The maximum absolute atomic E-state index is 14.4. The average Bonchev–Trinajstić information content (AvgIpc) is 1.17. The first-order valence-electron chi connectivity index (χ1n) is 34.4. The van der Waals surface area contributed by atoms with Crippen LogP contribution >= 0.6 is 0 Å². The monoisotopic (exact) mass is 1280 g/mol. The fraction of sp³-hybridized carbons (Fsp3) is 0.329. The Balaban J connectivity index is 0.000000205. The van der Waals surface area contributed by atoms with Gasteiger partial charge in [0.1, 0.15) is 5.75 Å². The second-order valence-corrected chi connectivity index (χ2v) is 24.5. The summed E-state index contributed by atoms with van der Waals surface area (Å²) in [6.07, 6.45) is 24.6. The van der Waals surface area contributed by atoms with Crippen LogP contribution < -0.4 is 18.9 Å². The van der Waals surface area contributed by atoms with Gasteiger partial charge in [-0.2, -0.15) is 0 Å². The van der Waals surface area contributed by atoms with Gasteiger partial charge in [0.25, 0.3) is 0 Å². The van der Waals surface area contributed by atoms with Crippen molar-refractivity contribution in [2.24, 2.45) is 0 Å². The van der Waals surface area contributed by atoms with E-state index in [1.54, 1.807) is 61.5 Å². The highest BCUT2D eigenvalue weighted by molar-refractivity contribution is 5.93. The lowest BCUT2D eigenvalue weighted by molar-refractivity contribution is 0.0718. The average molecular weight is 1290 g/mol. The summed E-state index contributed by atoms with van der Waals surface area (Å²) in [6, 6.07) is 60.5. The Morgan fingerprint density at radius 2 is 0.579 bits per heavy atom. The first-order chi connectivity index (χ1) is 46.2. The number of carbonyl (C=O) groups is 3. The molecule has 0 saturated carbocycles. The second kappa shape index (κ2) is 40.3. The van der Waals surface area contributed by atoms with E-state index in [-0.39, 0.29) is 17.2 Å². The lowest BCUT2D eigenvalue weighted by Crippen LogP contribution is -2.09. The number of esters is 3. The molecule has 0 aliphatic heterocycles. The predicted molar refractivity (Wildman–Crippen MR) is 382 cm³/mol. The van der Waals surface area contributed by atoms with E-state index in [9.17, 15) is 27.6 Å². The molecule has 0 aliphatic carbocycles. The molecule has 0 aromatic heterocycles. The highest BCUT2D eigenvalue weighted by Gasteiger charge is 2.17. The van der Waals surface area contributed by atoms with Gasteiger partial charge in [-0.05, 0) is 199 Å². The fourth-order valence-electron chi connectivity index (χ4n) is 10.8. The van der Waals surface area contributed by atoms with Gasteiger partial charge in [-0.1, -0.05) is 238 Å². The molecule has 0 N–H and O–H groups in total. The van der Waals surface area contributed by atoms with Gasteiger partial charge in [-0.3, -0.25) is 0 Å². The Labute approximate surface area is 563 Å². The number of aryl methyl sites for hydroxylation is 5. The fourth-order valence-corrected chi connectivity index (χ4v) is 10.8.